The molecule has 0 unspecified atom stereocenters. The molecular formula is C14H11N3O. The highest BCUT2D eigenvalue weighted by molar-refractivity contribution is 5.74. The summed E-state index contributed by atoms with van der Waals surface area (Å²) in [6, 6.07) is 13.0. The Morgan fingerprint density at radius 2 is 1.78 bits per heavy atom. The standard InChI is InChI=1S/C14H11N3O/c1-9-13(10-5-3-2-4-6-10)17-14-11(15-9)7-8-12(18)16-14/h2-8H,1H3,(H,16,17,18). The Morgan fingerprint density at radius 3 is 2.56 bits per heavy atom. The molecule has 0 aliphatic rings. The van der Waals surface area contributed by atoms with Gasteiger partial charge in [-0.25, -0.2) is 9.97 Å². The van der Waals surface area contributed by atoms with Crippen molar-refractivity contribution in [2.24, 2.45) is 0 Å². The molecule has 2 heterocycles. The second kappa shape index (κ2) is 4.07. The molecule has 1 N–H and O–H groups in total. The molecule has 88 valence electrons. The minimum atomic E-state index is -0.167. The van der Waals surface area contributed by atoms with E-state index in [2.05, 4.69) is 15.0 Å². The van der Waals surface area contributed by atoms with Gasteiger partial charge >= 0.3 is 0 Å². The van der Waals surface area contributed by atoms with Crippen LogP contribution in [0.1, 0.15) is 5.69 Å². The summed E-state index contributed by atoms with van der Waals surface area (Å²) in [5.74, 6) is 0. The molecule has 0 aliphatic heterocycles. The quantitative estimate of drug-likeness (QED) is 0.706. The Hall–Kier alpha value is -2.49. The third-order valence-corrected chi connectivity index (χ3v) is 2.78. The number of benzene rings is 1. The summed E-state index contributed by atoms with van der Waals surface area (Å²) in [6.07, 6.45) is 0. The Morgan fingerprint density at radius 1 is 1.00 bits per heavy atom. The van der Waals surface area contributed by atoms with Crippen LogP contribution in [-0.2, 0) is 0 Å². The molecule has 0 saturated carbocycles. The molecular weight excluding hydrogens is 226 g/mol. The summed E-state index contributed by atoms with van der Waals surface area (Å²) >= 11 is 0. The number of pyridine rings is 1. The van der Waals surface area contributed by atoms with E-state index in [1.807, 2.05) is 37.3 Å². The number of aromatic amines is 1. The smallest absolute Gasteiger partial charge is 0.249 e. The van der Waals surface area contributed by atoms with E-state index in [1.54, 1.807) is 6.07 Å². The third kappa shape index (κ3) is 1.78. The monoisotopic (exact) mass is 237 g/mol. The molecule has 4 nitrogen and oxygen atoms in total. The number of nitrogens with one attached hydrogen (secondary N) is 1. The van der Waals surface area contributed by atoms with Gasteiger partial charge in [0.2, 0.25) is 5.56 Å². The van der Waals surface area contributed by atoms with Crippen molar-refractivity contribution < 1.29 is 0 Å². The summed E-state index contributed by atoms with van der Waals surface area (Å²) < 4.78 is 0. The Labute approximate surface area is 103 Å². The van der Waals surface area contributed by atoms with E-state index in [1.165, 1.54) is 6.07 Å². The molecule has 4 heteroatoms. The van der Waals surface area contributed by atoms with Crippen molar-refractivity contribution >= 4 is 11.2 Å². The lowest BCUT2D eigenvalue weighted by Gasteiger charge is -2.05. The fourth-order valence-corrected chi connectivity index (χ4v) is 1.93. The van der Waals surface area contributed by atoms with Crippen LogP contribution < -0.4 is 5.56 Å². The number of aromatic nitrogens is 3. The normalized spacial score (nSPS) is 10.7. The highest BCUT2D eigenvalue weighted by atomic mass is 16.1. The molecule has 0 radical (unpaired) electrons. The van der Waals surface area contributed by atoms with Crippen LogP contribution in [0.4, 0.5) is 0 Å². The van der Waals surface area contributed by atoms with Crippen LogP contribution in [0.2, 0.25) is 0 Å². The second-order valence-electron chi connectivity index (χ2n) is 4.08. The first-order chi connectivity index (χ1) is 8.74. The van der Waals surface area contributed by atoms with Crippen molar-refractivity contribution in [2.75, 3.05) is 0 Å². The molecule has 0 fully saturated rings. The lowest BCUT2D eigenvalue weighted by Crippen LogP contribution is -2.06. The highest BCUT2D eigenvalue weighted by Crippen LogP contribution is 2.20. The fourth-order valence-electron chi connectivity index (χ4n) is 1.93. The first kappa shape index (κ1) is 10.7. The van der Waals surface area contributed by atoms with Crippen molar-refractivity contribution in [2.45, 2.75) is 6.92 Å². The van der Waals surface area contributed by atoms with Crippen LogP contribution in [0.3, 0.4) is 0 Å². The molecule has 3 rings (SSSR count). The zero-order valence-corrected chi connectivity index (χ0v) is 9.84. The van der Waals surface area contributed by atoms with E-state index >= 15 is 0 Å². The first-order valence-electron chi connectivity index (χ1n) is 5.67. The van der Waals surface area contributed by atoms with E-state index < -0.39 is 0 Å². The Bertz CT molecular complexity index is 763. The number of hydrogen-bond acceptors (Lipinski definition) is 3. The number of hydrogen-bond donors (Lipinski definition) is 1. The van der Waals surface area contributed by atoms with Gasteiger partial charge < -0.3 is 4.98 Å². The molecule has 0 saturated heterocycles. The van der Waals surface area contributed by atoms with Crippen LogP contribution in [-0.4, -0.2) is 15.0 Å². The van der Waals surface area contributed by atoms with Gasteiger partial charge in [0.15, 0.2) is 5.65 Å². The molecule has 18 heavy (non-hydrogen) atoms. The van der Waals surface area contributed by atoms with Gasteiger partial charge in [-0.3, -0.25) is 4.79 Å². The second-order valence-corrected chi connectivity index (χ2v) is 4.08. The number of aryl methyl sites for hydroxylation is 1. The number of nitrogens with zero attached hydrogens (tertiary/aromatic N) is 2. The topological polar surface area (TPSA) is 58.6 Å². The van der Waals surface area contributed by atoms with Crippen molar-refractivity contribution in [1.82, 2.24) is 15.0 Å². The number of rotatable bonds is 1. The van der Waals surface area contributed by atoms with Crippen LogP contribution in [0.5, 0.6) is 0 Å². The van der Waals surface area contributed by atoms with Gasteiger partial charge in [0.05, 0.1) is 11.4 Å². The van der Waals surface area contributed by atoms with Crippen molar-refractivity contribution in [1.29, 1.82) is 0 Å². The minimum absolute atomic E-state index is 0.167. The lowest BCUT2D eigenvalue weighted by atomic mass is 10.1. The van der Waals surface area contributed by atoms with Gasteiger partial charge in [0, 0.05) is 11.6 Å². The highest BCUT2D eigenvalue weighted by Gasteiger charge is 2.07. The van der Waals surface area contributed by atoms with Gasteiger partial charge in [-0.05, 0) is 13.0 Å². The van der Waals surface area contributed by atoms with E-state index in [9.17, 15) is 4.79 Å². The van der Waals surface area contributed by atoms with E-state index in [4.69, 9.17) is 0 Å². The minimum Gasteiger partial charge on any atom is -0.305 e. The first-order valence-corrected chi connectivity index (χ1v) is 5.67. The molecule has 3 aromatic rings. The molecule has 0 amide bonds. The van der Waals surface area contributed by atoms with Crippen molar-refractivity contribution in [3.63, 3.8) is 0 Å². The van der Waals surface area contributed by atoms with Crippen LogP contribution in [0.15, 0.2) is 47.3 Å². The van der Waals surface area contributed by atoms with Gasteiger partial charge in [0.25, 0.3) is 0 Å². The number of H-pyrrole nitrogens is 1. The zero-order chi connectivity index (χ0) is 12.5. The van der Waals surface area contributed by atoms with E-state index in [0.717, 1.165) is 17.0 Å². The summed E-state index contributed by atoms with van der Waals surface area (Å²) in [5.41, 5.74) is 3.69. The molecule has 0 spiro atoms. The SMILES string of the molecule is Cc1nc2ccc(=O)[nH]c2nc1-c1ccccc1. The van der Waals surface area contributed by atoms with Gasteiger partial charge in [-0.15, -0.1) is 0 Å². The van der Waals surface area contributed by atoms with Crippen molar-refractivity contribution in [3.8, 4) is 11.3 Å². The predicted molar refractivity (Wildman–Crippen MR) is 70.3 cm³/mol. The summed E-state index contributed by atoms with van der Waals surface area (Å²) in [5, 5.41) is 0. The molecule has 0 atom stereocenters. The maximum atomic E-state index is 11.3. The van der Waals surface area contributed by atoms with E-state index in [0.29, 0.717) is 11.2 Å². The van der Waals surface area contributed by atoms with Gasteiger partial charge in [0.1, 0.15) is 5.52 Å². The Kier molecular flexibility index (Phi) is 2.41. The van der Waals surface area contributed by atoms with Gasteiger partial charge in [-0.1, -0.05) is 30.3 Å². The zero-order valence-electron chi connectivity index (χ0n) is 9.84. The Balaban J connectivity index is 2.30. The maximum absolute atomic E-state index is 11.3. The predicted octanol–water partition coefficient (Wildman–Crippen LogP) is 2.29. The van der Waals surface area contributed by atoms with Crippen LogP contribution in [0.25, 0.3) is 22.4 Å². The van der Waals surface area contributed by atoms with Crippen molar-refractivity contribution in [3.05, 3.63) is 58.5 Å². The molecule has 0 bridgehead atoms. The maximum Gasteiger partial charge on any atom is 0.249 e. The average Bonchev–Trinajstić information content (AvgIpc) is 2.39. The molecule has 2 aromatic heterocycles. The van der Waals surface area contributed by atoms with Crippen LogP contribution >= 0.6 is 0 Å². The summed E-state index contributed by atoms with van der Waals surface area (Å²) in [4.78, 5) is 22.9. The fraction of sp³-hybridized carbons (Fsp3) is 0.0714. The third-order valence-electron chi connectivity index (χ3n) is 2.78. The van der Waals surface area contributed by atoms with E-state index in [-0.39, 0.29) is 5.56 Å². The molecule has 1 aromatic carbocycles. The summed E-state index contributed by atoms with van der Waals surface area (Å²) in [7, 11) is 0. The van der Waals surface area contributed by atoms with Crippen LogP contribution in [0, 0.1) is 6.92 Å². The van der Waals surface area contributed by atoms with Gasteiger partial charge in [-0.2, -0.15) is 0 Å². The number of fused-ring (bicyclic) bond motifs is 1. The summed E-state index contributed by atoms with van der Waals surface area (Å²) in [6.45, 7) is 1.92. The molecule has 0 aliphatic carbocycles. The average molecular weight is 237 g/mol. The largest absolute Gasteiger partial charge is 0.305 e. The lowest BCUT2D eigenvalue weighted by molar-refractivity contribution is 1.14.